The molecule has 0 radical (unpaired) electrons. The molecule has 0 spiro atoms. The molecule has 0 aliphatic carbocycles. The summed E-state index contributed by atoms with van der Waals surface area (Å²) >= 11 is 1.43. The second-order valence-corrected chi connectivity index (χ2v) is 8.02. The molecule has 1 amide bonds. The molecular weight excluding hydrogens is 426 g/mol. The highest BCUT2D eigenvalue weighted by Gasteiger charge is 2.25. The monoisotopic (exact) mass is 444 g/mol. The van der Waals surface area contributed by atoms with E-state index in [1.807, 2.05) is 5.38 Å². The molecule has 6 nitrogen and oxygen atoms in total. The first-order valence-corrected chi connectivity index (χ1v) is 10.2. The van der Waals surface area contributed by atoms with Crippen LogP contribution in [0.5, 0.6) is 0 Å². The highest BCUT2D eigenvalue weighted by Crippen LogP contribution is 2.32. The Kier molecular flexibility index (Phi) is 5.36. The average molecular weight is 444 g/mol. The van der Waals surface area contributed by atoms with E-state index in [4.69, 9.17) is 4.74 Å². The highest BCUT2D eigenvalue weighted by atomic mass is 32.1. The number of amides is 1. The third-order valence-electron chi connectivity index (χ3n) is 5.16. The molecule has 31 heavy (non-hydrogen) atoms. The van der Waals surface area contributed by atoms with E-state index in [1.165, 1.54) is 60.7 Å². The molecule has 0 bridgehead atoms. The van der Waals surface area contributed by atoms with Crippen LogP contribution in [0.1, 0.15) is 21.6 Å². The number of fused-ring (bicyclic) bond motifs is 2. The van der Waals surface area contributed by atoms with Gasteiger partial charge in [-0.3, -0.25) is 0 Å². The number of halogens is 2. The van der Waals surface area contributed by atoms with Gasteiger partial charge in [-0.2, -0.15) is 0 Å². The molecular formula is C22H18F2N2O4S. The van der Waals surface area contributed by atoms with E-state index in [-0.39, 0.29) is 24.6 Å². The molecule has 0 fully saturated rings. The number of carboxylic acid groups (broad SMARTS) is 1. The molecule has 2 aromatic heterocycles. The van der Waals surface area contributed by atoms with Gasteiger partial charge in [-0.1, -0.05) is 0 Å². The van der Waals surface area contributed by atoms with Gasteiger partial charge in [0, 0.05) is 40.1 Å². The number of aromatic carboxylic acids is 1. The van der Waals surface area contributed by atoms with Crippen molar-refractivity contribution < 1.29 is 28.2 Å². The summed E-state index contributed by atoms with van der Waals surface area (Å²) in [7, 11) is 2.69. The van der Waals surface area contributed by atoms with Crippen molar-refractivity contribution in [3.8, 4) is 0 Å². The number of carboxylic acids is 1. The Balaban J connectivity index is 1.91. The molecule has 0 aliphatic rings. The molecule has 4 rings (SSSR count). The largest absolute Gasteiger partial charge is 0.477 e. The van der Waals surface area contributed by atoms with Gasteiger partial charge in [0.1, 0.15) is 17.3 Å². The highest BCUT2D eigenvalue weighted by molar-refractivity contribution is 7.17. The third kappa shape index (κ3) is 3.72. The first-order valence-electron chi connectivity index (χ1n) is 9.28. The number of benzene rings is 2. The van der Waals surface area contributed by atoms with Crippen LogP contribution in [-0.4, -0.2) is 40.8 Å². The van der Waals surface area contributed by atoms with Crippen molar-refractivity contribution in [2.45, 2.75) is 13.1 Å². The SMILES string of the molecule is COC(=O)N(C)Cc1c(C(=O)O)n(Cc2csc3ccc(F)cc23)c2ccc(F)cc12. The van der Waals surface area contributed by atoms with Crippen molar-refractivity contribution in [1.82, 2.24) is 9.47 Å². The molecule has 0 unspecified atom stereocenters. The van der Waals surface area contributed by atoms with Crippen molar-refractivity contribution in [3.63, 3.8) is 0 Å². The minimum atomic E-state index is -1.21. The van der Waals surface area contributed by atoms with Crippen LogP contribution in [0.25, 0.3) is 21.0 Å². The second-order valence-electron chi connectivity index (χ2n) is 7.11. The zero-order chi connectivity index (χ0) is 22.3. The summed E-state index contributed by atoms with van der Waals surface area (Å²) in [5.41, 5.74) is 1.48. The van der Waals surface area contributed by atoms with E-state index in [9.17, 15) is 23.5 Å². The maximum atomic E-state index is 14.0. The van der Waals surface area contributed by atoms with E-state index in [0.717, 1.165) is 10.3 Å². The van der Waals surface area contributed by atoms with E-state index in [2.05, 4.69) is 0 Å². The molecule has 0 saturated carbocycles. The van der Waals surface area contributed by atoms with Gasteiger partial charge in [-0.15, -0.1) is 11.3 Å². The van der Waals surface area contributed by atoms with Gasteiger partial charge in [0.05, 0.1) is 13.7 Å². The molecule has 2 aromatic carbocycles. The first kappa shape index (κ1) is 20.8. The van der Waals surface area contributed by atoms with Crippen LogP contribution in [0, 0.1) is 11.6 Å². The summed E-state index contributed by atoms with van der Waals surface area (Å²) in [4.78, 5) is 25.4. The fourth-order valence-corrected chi connectivity index (χ4v) is 4.70. The molecule has 2 heterocycles. The van der Waals surface area contributed by atoms with E-state index in [1.54, 1.807) is 10.6 Å². The van der Waals surface area contributed by atoms with Gasteiger partial charge in [-0.05, 0) is 47.3 Å². The fourth-order valence-electron chi connectivity index (χ4n) is 3.77. The standard InChI is InChI=1S/C22H18F2N2O4S/c1-25(22(29)30-2)10-17-16-8-13(23)3-5-18(16)26(20(17)21(27)28)9-12-11-31-19-6-4-14(24)7-15(12)19/h3-8,11H,9-10H2,1-2H3,(H,27,28). The Morgan fingerprint density at radius 2 is 1.81 bits per heavy atom. The van der Waals surface area contributed by atoms with Crippen molar-refractivity contribution in [1.29, 1.82) is 0 Å². The molecule has 0 atom stereocenters. The molecule has 1 N–H and O–H groups in total. The number of ether oxygens (including phenoxy) is 1. The number of methoxy groups -OCH3 is 1. The predicted molar refractivity (Wildman–Crippen MR) is 114 cm³/mol. The zero-order valence-electron chi connectivity index (χ0n) is 16.7. The quantitative estimate of drug-likeness (QED) is 0.466. The van der Waals surface area contributed by atoms with Gasteiger partial charge in [0.25, 0.3) is 0 Å². The minimum absolute atomic E-state index is 0.0629. The van der Waals surface area contributed by atoms with Crippen molar-refractivity contribution in [2.24, 2.45) is 0 Å². The number of aromatic nitrogens is 1. The Morgan fingerprint density at radius 1 is 1.13 bits per heavy atom. The summed E-state index contributed by atoms with van der Waals surface area (Å²) in [6.45, 7) is 0.0649. The molecule has 0 aliphatic heterocycles. The van der Waals surface area contributed by atoms with Crippen molar-refractivity contribution in [3.05, 3.63) is 70.2 Å². The van der Waals surface area contributed by atoms with Gasteiger partial charge in [0.2, 0.25) is 0 Å². The lowest BCUT2D eigenvalue weighted by Gasteiger charge is -2.16. The number of rotatable bonds is 5. The second kappa shape index (κ2) is 7.99. The minimum Gasteiger partial charge on any atom is -0.477 e. The van der Waals surface area contributed by atoms with E-state index < -0.39 is 17.9 Å². The molecule has 0 saturated heterocycles. The summed E-state index contributed by atoms with van der Waals surface area (Å²) in [5, 5.41) is 12.9. The predicted octanol–water partition coefficient (Wildman–Crippen LogP) is 5.08. The lowest BCUT2D eigenvalue weighted by Crippen LogP contribution is -2.27. The topological polar surface area (TPSA) is 71.8 Å². The molecule has 4 aromatic rings. The number of thiophene rings is 1. The van der Waals surface area contributed by atoms with Gasteiger partial charge in [-0.25, -0.2) is 18.4 Å². The van der Waals surface area contributed by atoms with Crippen molar-refractivity contribution in [2.75, 3.05) is 14.2 Å². The normalized spacial score (nSPS) is 11.2. The van der Waals surface area contributed by atoms with Crippen LogP contribution < -0.4 is 0 Å². The van der Waals surface area contributed by atoms with Crippen LogP contribution in [0.3, 0.4) is 0 Å². The van der Waals surface area contributed by atoms with Crippen LogP contribution in [0.4, 0.5) is 13.6 Å². The van der Waals surface area contributed by atoms with E-state index >= 15 is 0 Å². The zero-order valence-corrected chi connectivity index (χ0v) is 17.5. The lowest BCUT2D eigenvalue weighted by atomic mass is 10.1. The Bertz CT molecular complexity index is 1330. The van der Waals surface area contributed by atoms with Crippen LogP contribution >= 0.6 is 11.3 Å². The number of nitrogens with zero attached hydrogens (tertiary/aromatic N) is 2. The number of hydrogen-bond donors (Lipinski definition) is 1. The number of carbonyl (C=O) groups excluding carboxylic acids is 1. The summed E-state index contributed by atoms with van der Waals surface area (Å²) in [5.74, 6) is -2.12. The van der Waals surface area contributed by atoms with Crippen LogP contribution in [0.15, 0.2) is 41.8 Å². The van der Waals surface area contributed by atoms with E-state index in [0.29, 0.717) is 21.9 Å². The summed E-state index contributed by atoms with van der Waals surface area (Å²) in [6.07, 6.45) is -0.645. The Morgan fingerprint density at radius 3 is 2.48 bits per heavy atom. The first-order chi connectivity index (χ1) is 14.8. The van der Waals surface area contributed by atoms with Crippen molar-refractivity contribution >= 4 is 44.4 Å². The Labute approximate surface area is 179 Å². The fraction of sp³-hybridized carbons (Fsp3) is 0.182. The average Bonchev–Trinajstić information content (AvgIpc) is 3.26. The smallest absolute Gasteiger partial charge is 0.409 e. The number of hydrogen-bond acceptors (Lipinski definition) is 4. The van der Waals surface area contributed by atoms with Gasteiger partial charge < -0.3 is 19.3 Å². The maximum absolute atomic E-state index is 14.0. The Hall–Kier alpha value is -3.46. The van der Waals surface area contributed by atoms with Crippen LogP contribution in [0.2, 0.25) is 0 Å². The molecule has 160 valence electrons. The lowest BCUT2D eigenvalue weighted by molar-refractivity contribution is 0.0682. The van der Waals surface area contributed by atoms with Crippen LogP contribution in [-0.2, 0) is 17.8 Å². The number of carbonyl (C=O) groups is 2. The van der Waals surface area contributed by atoms with Gasteiger partial charge >= 0.3 is 12.1 Å². The molecule has 9 heteroatoms. The summed E-state index contributed by atoms with van der Waals surface area (Å²) in [6, 6.07) is 8.48. The third-order valence-corrected chi connectivity index (χ3v) is 6.17. The maximum Gasteiger partial charge on any atom is 0.409 e. The van der Waals surface area contributed by atoms with Gasteiger partial charge in [0.15, 0.2) is 0 Å². The summed E-state index contributed by atoms with van der Waals surface area (Å²) < 4.78 is 35.0.